The Morgan fingerprint density at radius 3 is 2.62 bits per heavy atom. The van der Waals surface area contributed by atoms with Crippen LogP contribution in [-0.2, 0) is 16.2 Å². The normalized spacial score (nSPS) is 16.8. The number of ether oxygens (including phenoxy) is 1. The molecule has 0 aliphatic carbocycles. The highest BCUT2D eigenvalue weighted by atomic mass is 19.1. The van der Waals surface area contributed by atoms with E-state index in [2.05, 4.69) is 0 Å². The second kappa shape index (κ2) is 7.07. The molecule has 1 heterocycles. The first-order valence-corrected chi connectivity index (χ1v) is 7.74. The standard InChI is InChI=1S/C18H14F3NO4/c19-12-3-1-2-10(4-12)9-26-16-7-13(20)15(6-14(16)21)22-8-11(18(24)25)5-17(22)23/h1-4,6-7,11H,5,8-9H2,(H,24,25). The van der Waals surface area contributed by atoms with E-state index < -0.39 is 41.0 Å². The predicted octanol–water partition coefficient (Wildman–Crippen LogP) is 3.12. The summed E-state index contributed by atoms with van der Waals surface area (Å²) in [5, 5.41) is 8.97. The lowest BCUT2D eigenvalue weighted by molar-refractivity contribution is -0.141. The van der Waals surface area contributed by atoms with Gasteiger partial charge in [-0.2, -0.15) is 0 Å². The van der Waals surface area contributed by atoms with Crippen molar-refractivity contribution in [2.75, 3.05) is 11.4 Å². The van der Waals surface area contributed by atoms with Crippen molar-refractivity contribution in [2.45, 2.75) is 13.0 Å². The third-order valence-electron chi connectivity index (χ3n) is 4.05. The van der Waals surface area contributed by atoms with E-state index in [0.717, 1.165) is 17.0 Å². The van der Waals surface area contributed by atoms with Gasteiger partial charge in [-0.15, -0.1) is 0 Å². The topological polar surface area (TPSA) is 66.8 Å². The van der Waals surface area contributed by atoms with Crippen molar-refractivity contribution in [3.8, 4) is 5.75 Å². The quantitative estimate of drug-likeness (QED) is 0.884. The summed E-state index contributed by atoms with van der Waals surface area (Å²) in [6.45, 7) is -0.398. The van der Waals surface area contributed by atoms with E-state index in [-0.39, 0.29) is 25.3 Å². The van der Waals surface area contributed by atoms with Gasteiger partial charge < -0.3 is 14.7 Å². The number of amides is 1. The highest BCUT2D eigenvalue weighted by Crippen LogP contribution is 2.32. The van der Waals surface area contributed by atoms with E-state index in [9.17, 15) is 22.8 Å². The molecule has 3 rings (SSSR count). The molecule has 26 heavy (non-hydrogen) atoms. The Bertz CT molecular complexity index is 872. The van der Waals surface area contributed by atoms with Crippen molar-refractivity contribution in [1.82, 2.24) is 0 Å². The molecular formula is C18H14F3NO4. The average Bonchev–Trinajstić information content (AvgIpc) is 2.97. The number of rotatable bonds is 5. The molecule has 0 radical (unpaired) electrons. The molecule has 0 saturated carbocycles. The van der Waals surface area contributed by atoms with Crippen LogP contribution in [0.4, 0.5) is 18.9 Å². The summed E-state index contributed by atoms with van der Waals surface area (Å²) >= 11 is 0. The number of aliphatic carboxylic acids is 1. The van der Waals surface area contributed by atoms with Gasteiger partial charge in [-0.05, 0) is 17.7 Å². The molecule has 1 saturated heterocycles. The number of carboxylic acids is 1. The molecule has 2 aromatic carbocycles. The maximum Gasteiger partial charge on any atom is 0.308 e. The zero-order chi connectivity index (χ0) is 18.8. The molecule has 1 fully saturated rings. The first-order valence-electron chi connectivity index (χ1n) is 7.74. The van der Waals surface area contributed by atoms with Gasteiger partial charge in [-0.1, -0.05) is 12.1 Å². The van der Waals surface area contributed by atoms with Gasteiger partial charge in [-0.3, -0.25) is 9.59 Å². The summed E-state index contributed by atoms with van der Waals surface area (Å²) in [6.07, 6.45) is -0.270. The second-order valence-electron chi connectivity index (χ2n) is 5.90. The van der Waals surface area contributed by atoms with E-state index in [4.69, 9.17) is 9.84 Å². The maximum atomic E-state index is 14.3. The van der Waals surface area contributed by atoms with Crippen molar-refractivity contribution in [3.63, 3.8) is 0 Å². The molecule has 1 aliphatic heterocycles. The van der Waals surface area contributed by atoms with Crippen LogP contribution in [0.25, 0.3) is 0 Å². The molecule has 1 N–H and O–H groups in total. The number of carbonyl (C=O) groups excluding carboxylic acids is 1. The van der Waals surface area contributed by atoms with Gasteiger partial charge in [-0.25, -0.2) is 13.2 Å². The number of anilines is 1. The molecule has 136 valence electrons. The third kappa shape index (κ3) is 3.63. The van der Waals surface area contributed by atoms with Crippen LogP contribution < -0.4 is 9.64 Å². The van der Waals surface area contributed by atoms with Crippen molar-refractivity contribution in [3.05, 3.63) is 59.4 Å². The Morgan fingerprint density at radius 1 is 1.19 bits per heavy atom. The number of nitrogens with zero attached hydrogens (tertiary/aromatic N) is 1. The highest BCUT2D eigenvalue weighted by Gasteiger charge is 2.36. The number of carboxylic acid groups (broad SMARTS) is 1. The van der Waals surface area contributed by atoms with Crippen molar-refractivity contribution < 1.29 is 32.6 Å². The molecule has 0 bridgehead atoms. The Morgan fingerprint density at radius 2 is 1.96 bits per heavy atom. The molecule has 0 aromatic heterocycles. The molecule has 5 nitrogen and oxygen atoms in total. The monoisotopic (exact) mass is 365 g/mol. The molecule has 1 unspecified atom stereocenters. The lowest BCUT2D eigenvalue weighted by atomic mass is 10.1. The molecule has 2 aromatic rings. The Balaban J connectivity index is 1.78. The minimum atomic E-state index is -1.17. The summed E-state index contributed by atoms with van der Waals surface area (Å²) in [5.41, 5.74) is 0.0993. The summed E-state index contributed by atoms with van der Waals surface area (Å²) < 4.78 is 46.9. The van der Waals surface area contributed by atoms with Crippen LogP contribution in [0.1, 0.15) is 12.0 Å². The van der Waals surface area contributed by atoms with Gasteiger partial charge in [0.2, 0.25) is 5.91 Å². The van der Waals surface area contributed by atoms with E-state index in [1.54, 1.807) is 6.07 Å². The smallest absolute Gasteiger partial charge is 0.308 e. The lowest BCUT2D eigenvalue weighted by Gasteiger charge is -2.18. The third-order valence-corrected chi connectivity index (χ3v) is 4.05. The Hall–Kier alpha value is -3.03. The maximum absolute atomic E-state index is 14.3. The van der Waals surface area contributed by atoms with Gasteiger partial charge in [0.15, 0.2) is 17.4 Å². The Labute approximate surface area is 146 Å². The summed E-state index contributed by atoms with van der Waals surface area (Å²) in [6, 6.07) is 7.06. The minimum absolute atomic E-state index is 0.169. The molecule has 1 amide bonds. The van der Waals surface area contributed by atoms with Gasteiger partial charge >= 0.3 is 5.97 Å². The fraction of sp³-hybridized carbons (Fsp3) is 0.222. The number of hydrogen-bond donors (Lipinski definition) is 1. The Kier molecular flexibility index (Phi) is 4.83. The fourth-order valence-corrected chi connectivity index (χ4v) is 2.73. The first kappa shape index (κ1) is 17.8. The van der Waals surface area contributed by atoms with Crippen LogP contribution in [0, 0.1) is 23.4 Å². The second-order valence-corrected chi connectivity index (χ2v) is 5.90. The zero-order valence-electron chi connectivity index (χ0n) is 13.4. The van der Waals surface area contributed by atoms with Crippen LogP contribution in [0.3, 0.4) is 0 Å². The number of halogens is 3. The lowest BCUT2D eigenvalue weighted by Crippen LogP contribution is -2.26. The van der Waals surface area contributed by atoms with Crippen LogP contribution in [0.5, 0.6) is 5.75 Å². The van der Waals surface area contributed by atoms with E-state index in [1.165, 1.54) is 18.2 Å². The predicted molar refractivity (Wildman–Crippen MR) is 85.2 cm³/mol. The fourth-order valence-electron chi connectivity index (χ4n) is 2.73. The summed E-state index contributed by atoms with van der Waals surface area (Å²) in [5.74, 6) is -5.43. The minimum Gasteiger partial charge on any atom is -0.486 e. The van der Waals surface area contributed by atoms with Crippen molar-refractivity contribution in [1.29, 1.82) is 0 Å². The summed E-state index contributed by atoms with van der Waals surface area (Å²) in [4.78, 5) is 23.8. The SMILES string of the molecule is O=C(O)C1CC(=O)N(c2cc(F)c(OCc3cccc(F)c3)cc2F)C1. The van der Waals surface area contributed by atoms with Gasteiger partial charge in [0.1, 0.15) is 12.4 Å². The van der Waals surface area contributed by atoms with E-state index >= 15 is 0 Å². The summed E-state index contributed by atoms with van der Waals surface area (Å²) in [7, 11) is 0. The van der Waals surface area contributed by atoms with Crippen LogP contribution in [0.15, 0.2) is 36.4 Å². The van der Waals surface area contributed by atoms with Crippen LogP contribution in [0.2, 0.25) is 0 Å². The number of carbonyl (C=O) groups is 2. The van der Waals surface area contributed by atoms with Crippen LogP contribution >= 0.6 is 0 Å². The van der Waals surface area contributed by atoms with Gasteiger partial charge in [0.25, 0.3) is 0 Å². The molecular weight excluding hydrogens is 351 g/mol. The van der Waals surface area contributed by atoms with Crippen molar-refractivity contribution in [2.24, 2.45) is 5.92 Å². The molecule has 1 aliphatic rings. The van der Waals surface area contributed by atoms with E-state index in [0.29, 0.717) is 5.56 Å². The highest BCUT2D eigenvalue weighted by molar-refractivity contribution is 5.99. The number of benzene rings is 2. The van der Waals surface area contributed by atoms with Gasteiger partial charge in [0.05, 0.1) is 11.6 Å². The molecule has 8 heteroatoms. The zero-order valence-corrected chi connectivity index (χ0v) is 13.4. The van der Waals surface area contributed by atoms with E-state index in [1.807, 2.05) is 0 Å². The van der Waals surface area contributed by atoms with Crippen LogP contribution in [-0.4, -0.2) is 23.5 Å². The first-order chi connectivity index (χ1) is 12.3. The van der Waals surface area contributed by atoms with Gasteiger partial charge in [0, 0.05) is 25.1 Å². The average molecular weight is 365 g/mol. The largest absolute Gasteiger partial charge is 0.486 e. The molecule has 0 spiro atoms. The van der Waals surface area contributed by atoms with Crippen molar-refractivity contribution >= 4 is 17.6 Å². The number of hydrogen-bond acceptors (Lipinski definition) is 3. The molecule has 1 atom stereocenters.